The van der Waals surface area contributed by atoms with Gasteiger partial charge in [0.05, 0.1) is 10.3 Å². The van der Waals surface area contributed by atoms with Crippen molar-refractivity contribution in [2.24, 2.45) is 0 Å². The summed E-state index contributed by atoms with van der Waals surface area (Å²) in [6.07, 6.45) is 0. The molecule has 0 aliphatic rings. The van der Waals surface area contributed by atoms with Gasteiger partial charge in [0.15, 0.2) is 5.82 Å². The molecule has 0 unspecified atom stereocenters. The minimum Gasteiger partial charge on any atom is -0.493 e. The standard InChI is InChI=1S/C8H3BrFN3O4/c9-4-3(13(16)17)1-2-6(5(4)10)11-8(15)12-7(2)14/h1H,(H2,11,12,14,15). The van der Waals surface area contributed by atoms with Gasteiger partial charge in [-0.25, -0.2) is 4.39 Å². The Balaban J connectivity index is 2.96. The van der Waals surface area contributed by atoms with Crippen LogP contribution in [-0.4, -0.2) is 25.1 Å². The number of halogens is 2. The third kappa shape index (κ3) is 1.73. The molecule has 2 aromatic rings. The van der Waals surface area contributed by atoms with Crippen molar-refractivity contribution in [3.8, 4) is 11.9 Å². The van der Waals surface area contributed by atoms with Crippen LogP contribution in [-0.2, 0) is 0 Å². The van der Waals surface area contributed by atoms with Crippen LogP contribution in [0.25, 0.3) is 10.9 Å². The van der Waals surface area contributed by atoms with Crippen LogP contribution in [0.1, 0.15) is 0 Å². The second kappa shape index (κ2) is 3.77. The summed E-state index contributed by atoms with van der Waals surface area (Å²) >= 11 is 2.71. The molecule has 88 valence electrons. The van der Waals surface area contributed by atoms with Gasteiger partial charge in [-0.15, -0.1) is 0 Å². The summed E-state index contributed by atoms with van der Waals surface area (Å²) in [5.41, 5.74) is -0.980. The summed E-state index contributed by atoms with van der Waals surface area (Å²) < 4.78 is 13.3. The topological polar surface area (TPSA) is 109 Å². The number of aromatic nitrogens is 2. The van der Waals surface area contributed by atoms with Crippen LogP contribution in [0, 0.1) is 15.9 Å². The van der Waals surface area contributed by atoms with Gasteiger partial charge in [-0.1, -0.05) is 0 Å². The molecule has 1 aromatic carbocycles. The predicted octanol–water partition coefficient (Wildman–Crippen LogP) is 1.85. The fourth-order valence-electron chi connectivity index (χ4n) is 1.30. The van der Waals surface area contributed by atoms with E-state index < -0.39 is 38.3 Å². The number of nitro groups is 1. The number of benzene rings is 1. The zero-order valence-electron chi connectivity index (χ0n) is 7.89. The smallest absolute Gasteiger partial charge is 0.317 e. The van der Waals surface area contributed by atoms with Crippen molar-refractivity contribution in [1.29, 1.82) is 0 Å². The molecule has 2 rings (SSSR count). The van der Waals surface area contributed by atoms with Crippen LogP contribution < -0.4 is 0 Å². The van der Waals surface area contributed by atoms with E-state index in [0.717, 1.165) is 6.07 Å². The normalized spacial score (nSPS) is 10.7. The Kier molecular flexibility index (Phi) is 2.54. The average Bonchev–Trinajstić information content (AvgIpc) is 2.23. The highest BCUT2D eigenvalue weighted by atomic mass is 79.9. The average molecular weight is 304 g/mol. The molecular weight excluding hydrogens is 301 g/mol. The maximum Gasteiger partial charge on any atom is 0.317 e. The van der Waals surface area contributed by atoms with Gasteiger partial charge in [0.25, 0.3) is 5.69 Å². The molecule has 1 aromatic heterocycles. The highest BCUT2D eigenvalue weighted by Gasteiger charge is 2.23. The van der Waals surface area contributed by atoms with E-state index in [-0.39, 0.29) is 5.39 Å². The summed E-state index contributed by atoms with van der Waals surface area (Å²) in [6.45, 7) is 0. The summed E-state index contributed by atoms with van der Waals surface area (Å²) in [4.78, 5) is 16.3. The molecule has 1 heterocycles. The molecule has 17 heavy (non-hydrogen) atoms. The first kappa shape index (κ1) is 11.5. The zero-order valence-corrected chi connectivity index (χ0v) is 9.47. The molecule has 0 radical (unpaired) electrons. The quantitative estimate of drug-likeness (QED) is 0.614. The summed E-state index contributed by atoms with van der Waals surface area (Å²) in [7, 11) is 0. The number of fused-ring (bicyclic) bond motifs is 1. The largest absolute Gasteiger partial charge is 0.493 e. The van der Waals surface area contributed by atoms with E-state index in [2.05, 4.69) is 25.9 Å². The lowest BCUT2D eigenvalue weighted by atomic mass is 10.2. The lowest BCUT2D eigenvalue weighted by Gasteiger charge is -2.03. The van der Waals surface area contributed by atoms with Crippen molar-refractivity contribution in [3.05, 3.63) is 26.5 Å². The van der Waals surface area contributed by atoms with Crippen LogP contribution in [0.15, 0.2) is 10.5 Å². The molecule has 7 nitrogen and oxygen atoms in total. The fourth-order valence-corrected chi connectivity index (χ4v) is 1.74. The lowest BCUT2D eigenvalue weighted by Crippen LogP contribution is -1.96. The van der Waals surface area contributed by atoms with E-state index in [0.29, 0.717) is 0 Å². The maximum absolute atomic E-state index is 13.7. The summed E-state index contributed by atoms with van der Waals surface area (Å²) in [5, 5.41) is 28.7. The van der Waals surface area contributed by atoms with Crippen LogP contribution >= 0.6 is 15.9 Å². The molecule has 2 N–H and O–H groups in total. The van der Waals surface area contributed by atoms with Gasteiger partial charge in [0, 0.05) is 6.07 Å². The Bertz CT molecular complexity index is 648. The number of aromatic hydroxyl groups is 2. The Labute approximate surface area is 101 Å². The van der Waals surface area contributed by atoms with E-state index in [1.807, 2.05) is 0 Å². The second-order valence-electron chi connectivity index (χ2n) is 3.02. The minimum atomic E-state index is -1.05. The predicted molar refractivity (Wildman–Crippen MR) is 57.2 cm³/mol. The molecule has 0 spiro atoms. The van der Waals surface area contributed by atoms with Crippen LogP contribution in [0.2, 0.25) is 0 Å². The van der Waals surface area contributed by atoms with E-state index in [1.165, 1.54) is 0 Å². The van der Waals surface area contributed by atoms with Gasteiger partial charge in [0.2, 0.25) is 5.88 Å². The maximum atomic E-state index is 13.7. The Hall–Kier alpha value is -2.03. The molecule has 0 fully saturated rings. The van der Waals surface area contributed by atoms with Crippen molar-refractivity contribution >= 4 is 32.5 Å². The Morgan fingerprint density at radius 3 is 2.65 bits per heavy atom. The number of hydrogen-bond acceptors (Lipinski definition) is 6. The first-order valence-electron chi connectivity index (χ1n) is 4.14. The molecule has 0 amide bonds. The number of hydrogen-bond donors (Lipinski definition) is 2. The van der Waals surface area contributed by atoms with Crippen LogP contribution in [0.5, 0.6) is 11.9 Å². The van der Waals surface area contributed by atoms with Gasteiger partial charge < -0.3 is 10.2 Å². The molecule has 0 atom stereocenters. The van der Waals surface area contributed by atoms with E-state index in [9.17, 15) is 19.6 Å². The van der Waals surface area contributed by atoms with E-state index >= 15 is 0 Å². The van der Waals surface area contributed by atoms with Crippen LogP contribution in [0.3, 0.4) is 0 Å². The molecule has 0 bridgehead atoms. The highest BCUT2D eigenvalue weighted by Crippen LogP contribution is 2.36. The first-order chi connectivity index (χ1) is 7.91. The fraction of sp³-hybridized carbons (Fsp3) is 0. The number of rotatable bonds is 1. The number of nitrogens with zero attached hydrogens (tertiary/aromatic N) is 3. The Morgan fingerprint density at radius 1 is 1.41 bits per heavy atom. The Morgan fingerprint density at radius 2 is 2.06 bits per heavy atom. The number of nitro benzene ring substituents is 1. The van der Waals surface area contributed by atoms with Crippen molar-refractivity contribution in [2.45, 2.75) is 0 Å². The molecule has 0 aliphatic carbocycles. The monoisotopic (exact) mass is 303 g/mol. The molecular formula is C8H3BrFN3O4. The SMILES string of the molecule is O=[N+]([O-])c1cc2c(O)nc(O)nc2c(F)c1Br. The van der Waals surface area contributed by atoms with Gasteiger partial charge in [-0.2, -0.15) is 9.97 Å². The lowest BCUT2D eigenvalue weighted by molar-refractivity contribution is -0.385. The molecule has 0 saturated heterocycles. The van der Waals surface area contributed by atoms with Gasteiger partial charge in [-0.3, -0.25) is 10.1 Å². The van der Waals surface area contributed by atoms with Crippen molar-refractivity contribution in [3.63, 3.8) is 0 Å². The second-order valence-corrected chi connectivity index (χ2v) is 3.82. The van der Waals surface area contributed by atoms with Gasteiger partial charge in [0.1, 0.15) is 9.99 Å². The van der Waals surface area contributed by atoms with Gasteiger partial charge >= 0.3 is 6.01 Å². The molecule has 9 heteroatoms. The molecule has 0 aliphatic heterocycles. The van der Waals surface area contributed by atoms with E-state index in [1.54, 1.807) is 0 Å². The van der Waals surface area contributed by atoms with Crippen LogP contribution in [0.4, 0.5) is 10.1 Å². The first-order valence-corrected chi connectivity index (χ1v) is 4.93. The highest BCUT2D eigenvalue weighted by molar-refractivity contribution is 9.10. The van der Waals surface area contributed by atoms with Crippen molar-refractivity contribution in [1.82, 2.24) is 9.97 Å². The zero-order chi connectivity index (χ0) is 12.7. The summed E-state index contributed by atoms with van der Waals surface area (Å²) in [6, 6.07) is 0.0896. The third-order valence-electron chi connectivity index (χ3n) is 2.02. The third-order valence-corrected chi connectivity index (χ3v) is 2.77. The minimum absolute atomic E-state index is 0.254. The summed E-state index contributed by atoms with van der Waals surface area (Å²) in [5.74, 6) is -1.79. The van der Waals surface area contributed by atoms with Crippen molar-refractivity contribution in [2.75, 3.05) is 0 Å². The van der Waals surface area contributed by atoms with Gasteiger partial charge in [-0.05, 0) is 15.9 Å². The van der Waals surface area contributed by atoms with E-state index in [4.69, 9.17) is 5.11 Å². The molecule has 0 saturated carbocycles. The van der Waals surface area contributed by atoms with Crippen molar-refractivity contribution < 1.29 is 19.5 Å².